The zero-order valence-electron chi connectivity index (χ0n) is 11.7. The topological polar surface area (TPSA) is 91.4 Å². The molecule has 1 saturated heterocycles. The number of amides is 1. The summed E-state index contributed by atoms with van der Waals surface area (Å²) in [5.74, 6) is -0.0407. The number of carbonyl (C=O) groups excluding carboxylic acids is 1. The number of rotatable bonds is 8. The minimum atomic E-state index is -3.14. The molecule has 2 rings (SSSR count). The smallest absolute Gasteiger partial charge is 0.227 e. The van der Waals surface area contributed by atoms with E-state index in [4.69, 9.17) is 0 Å². The average molecular weight is 332 g/mol. The van der Waals surface area contributed by atoms with Crippen LogP contribution in [0.25, 0.3) is 0 Å². The van der Waals surface area contributed by atoms with Crippen molar-refractivity contribution in [2.75, 3.05) is 37.2 Å². The number of sulfonamides is 1. The minimum absolute atomic E-state index is 0.0844. The normalized spacial score (nSPS) is 16.2. The molecule has 1 aromatic rings. The Morgan fingerprint density at radius 1 is 1.33 bits per heavy atom. The highest BCUT2D eigenvalue weighted by Crippen LogP contribution is 2.12. The van der Waals surface area contributed by atoms with Crippen molar-refractivity contribution in [3.8, 4) is 0 Å². The molecule has 7 nitrogen and oxygen atoms in total. The van der Waals surface area contributed by atoms with Crippen LogP contribution in [0.1, 0.15) is 19.3 Å². The Balaban J connectivity index is 1.58. The molecule has 9 heteroatoms. The molecule has 0 saturated carbocycles. The standard InChI is InChI=1S/C12H20N4O3S2/c17-11(15-12-14-5-9-20-12)3-4-13-6-10-21(18,19)16-7-1-2-8-16/h5,9,13H,1-4,6-8,10H2,(H,14,15,17). The number of carbonyl (C=O) groups is 1. The lowest BCUT2D eigenvalue weighted by atomic mass is 10.4. The Morgan fingerprint density at radius 2 is 2.10 bits per heavy atom. The van der Waals surface area contributed by atoms with Gasteiger partial charge in [-0.05, 0) is 12.8 Å². The van der Waals surface area contributed by atoms with E-state index in [0.29, 0.717) is 37.7 Å². The SMILES string of the molecule is O=C(CCNCCS(=O)(=O)N1CCCC1)Nc1nccs1. The van der Waals surface area contributed by atoms with Crippen molar-refractivity contribution < 1.29 is 13.2 Å². The predicted molar refractivity (Wildman–Crippen MR) is 82.8 cm³/mol. The Hall–Kier alpha value is -1.03. The highest BCUT2D eigenvalue weighted by molar-refractivity contribution is 7.89. The van der Waals surface area contributed by atoms with Gasteiger partial charge < -0.3 is 10.6 Å². The summed E-state index contributed by atoms with van der Waals surface area (Å²) in [5.41, 5.74) is 0. The number of aromatic nitrogens is 1. The molecule has 1 aliphatic heterocycles. The fourth-order valence-electron chi connectivity index (χ4n) is 2.09. The Labute approximate surface area is 128 Å². The molecule has 1 fully saturated rings. The van der Waals surface area contributed by atoms with Gasteiger partial charge in [-0.3, -0.25) is 4.79 Å². The second kappa shape index (κ2) is 7.83. The third-order valence-corrected chi connectivity index (χ3v) is 5.76. The van der Waals surface area contributed by atoms with Crippen molar-refractivity contribution in [1.29, 1.82) is 0 Å². The van der Waals surface area contributed by atoms with Crippen LogP contribution in [-0.4, -0.2) is 55.5 Å². The second-order valence-electron chi connectivity index (χ2n) is 4.81. The summed E-state index contributed by atoms with van der Waals surface area (Å²) >= 11 is 1.36. The van der Waals surface area contributed by atoms with Crippen molar-refractivity contribution in [2.45, 2.75) is 19.3 Å². The number of hydrogen-bond donors (Lipinski definition) is 2. The number of nitrogens with zero attached hydrogens (tertiary/aromatic N) is 2. The van der Waals surface area contributed by atoms with E-state index in [1.807, 2.05) is 0 Å². The van der Waals surface area contributed by atoms with E-state index in [1.54, 1.807) is 15.9 Å². The monoisotopic (exact) mass is 332 g/mol. The fraction of sp³-hybridized carbons (Fsp3) is 0.667. The molecule has 0 spiro atoms. The first-order chi connectivity index (χ1) is 10.1. The fourth-order valence-corrected chi connectivity index (χ4v) is 4.11. The van der Waals surface area contributed by atoms with Crippen molar-refractivity contribution in [3.05, 3.63) is 11.6 Å². The molecule has 1 aliphatic rings. The van der Waals surface area contributed by atoms with Crippen LogP contribution in [0.15, 0.2) is 11.6 Å². The summed E-state index contributed by atoms with van der Waals surface area (Å²) in [6.45, 7) is 2.09. The molecule has 0 unspecified atom stereocenters. The zero-order chi connectivity index (χ0) is 15.1. The molecular formula is C12H20N4O3S2. The summed E-state index contributed by atoms with van der Waals surface area (Å²) in [5, 5.41) is 8.04. The highest BCUT2D eigenvalue weighted by atomic mass is 32.2. The van der Waals surface area contributed by atoms with Crippen molar-refractivity contribution in [3.63, 3.8) is 0 Å². The average Bonchev–Trinajstić information content (AvgIpc) is 3.11. The van der Waals surface area contributed by atoms with Crippen molar-refractivity contribution >= 4 is 32.4 Å². The van der Waals surface area contributed by atoms with Gasteiger partial charge in [0.25, 0.3) is 0 Å². The van der Waals surface area contributed by atoms with Crippen LogP contribution in [0.4, 0.5) is 5.13 Å². The third-order valence-electron chi connectivity index (χ3n) is 3.20. The van der Waals surface area contributed by atoms with E-state index < -0.39 is 10.0 Å². The number of hydrogen-bond acceptors (Lipinski definition) is 6. The lowest BCUT2D eigenvalue weighted by molar-refractivity contribution is -0.116. The maximum atomic E-state index is 11.9. The van der Waals surface area contributed by atoms with Gasteiger partial charge in [0.2, 0.25) is 15.9 Å². The molecule has 0 aromatic carbocycles. The summed E-state index contributed by atoms with van der Waals surface area (Å²) in [4.78, 5) is 15.5. The molecule has 0 radical (unpaired) electrons. The molecule has 0 atom stereocenters. The number of anilines is 1. The first kappa shape index (κ1) is 16.3. The van der Waals surface area contributed by atoms with Gasteiger partial charge in [-0.15, -0.1) is 11.3 Å². The molecule has 2 N–H and O–H groups in total. The number of nitrogens with one attached hydrogen (secondary N) is 2. The zero-order valence-corrected chi connectivity index (χ0v) is 13.4. The van der Waals surface area contributed by atoms with E-state index in [1.165, 1.54) is 11.3 Å². The maximum Gasteiger partial charge on any atom is 0.227 e. The molecule has 21 heavy (non-hydrogen) atoms. The van der Waals surface area contributed by atoms with E-state index in [2.05, 4.69) is 15.6 Å². The number of thiazole rings is 1. The van der Waals surface area contributed by atoms with Crippen LogP contribution in [-0.2, 0) is 14.8 Å². The van der Waals surface area contributed by atoms with Gasteiger partial charge >= 0.3 is 0 Å². The van der Waals surface area contributed by atoms with E-state index in [0.717, 1.165) is 12.8 Å². The molecule has 1 aromatic heterocycles. The van der Waals surface area contributed by atoms with E-state index in [-0.39, 0.29) is 11.7 Å². The first-order valence-corrected chi connectivity index (χ1v) is 9.45. The van der Waals surface area contributed by atoms with Gasteiger partial charge in [-0.25, -0.2) is 17.7 Å². The molecule has 0 aliphatic carbocycles. The Bertz CT molecular complexity index is 539. The van der Waals surface area contributed by atoms with Gasteiger partial charge in [0.15, 0.2) is 5.13 Å². The molecule has 0 bridgehead atoms. The second-order valence-corrected chi connectivity index (χ2v) is 7.79. The van der Waals surface area contributed by atoms with Crippen molar-refractivity contribution in [2.24, 2.45) is 0 Å². The van der Waals surface area contributed by atoms with Gasteiger partial charge in [0, 0.05) is 44.2 Å². The summed E-state index contributed by atoms with van der Waals surface area (Å²) in [6, 6.07) is 0. The van der Waals surface area contributed by atoms with Gasteiger partial charge in [-0.2, -0.15) is 0 Å². The highest BCUT2D eigenvalue weighted by Gasteiger charge is 2.24. The summed E-state index contributed by atoms with van der Waals surface area (Å²) in [6.07, 6.45) is 3.82. The molecule has 2 heterocycles. The first-order valence-electron chi connectivity index (χ1n) is 6.96. The summed E-state index contributed by atoms with van der Waals surface area (Å²) < 4.78 is 25.4. The summed E-state index contributed by atoms with van der Waals surface area (Å²) in [7, 11) is -3.14. The van der Waals surface area contributed by atoms with Crippen molar-refractivity contribution in [1.82, 2.24) is 14.6 Å². The minimum Gasteiger partial charge on any atom is -0.315 e. The molecular weight excluding hydrogens is 312 g/mol. The third kappa shape index (κ3) is 5.34. The van der Waals surface area contributed by atoms with Gasteiger partial charge in [-0.1, -0.05) is 0 Å². The lowest BCUT2D eigenvalue weighted by Gasteiger charge is -2.15. The van der Waals surface area contributed by atoms with E-state index in [9.17, 15) is 13.2 Å². The molecule has 118 valence electrons. The van der Waals surface area contributed by atoms with Crippen LogP contribution in [0.2, 0.25) is 0 Å². The van der Waals surface area contributed by atoms with Gasteiger partial charge in [0.1, 0.15) is 0 Å². The van der Waals surface area contributed by atoms with Crippen LogP contribution >= 0.6 is 11.3 Å². The van der Waals surface area contributed by atoms with Gasteiger partial charge in [0.05, 0.1) is 5.75 Å². The maximum absolute atomic E-state index is 11.9. The predicted octanol–water partition coefficient (Wildman–Crippen LogP) is 0.487. The lowest BCUT2D eigenvalue weighted by Crippen LogP contribution is -2.35. The van der Waals surface area contributed by atoms with Crippen LogP contribution in [0.5, 0.6) is 0 Å². The Morgan fingerprint density at radius 3 is 2.76 bits per heavy atom. The van der Waals surface area contributed by atoms with Crippen LogP contribution < -0.4 is 10.6 Å². The van der Waals surface area contributed by atoms with E-state index >= 15 is 0 Å². The van der Waals surface area contributed by atoms with Crippen LogP contribution in [0, 0.1) is 0 Å². The van der Waals surface area contributed by atoms with Crippen LogP contribution in [0.3, 0.4) is 0 Å². The Kier molecular flexibility index (Phi) is 6.09. The molecule has 1 amide bonds. The largest absolute Gasteiger partial charge is 0.315 e. The quantitative estimate of drug-likeness (QED) is 0.676.